The largest absolute Gasteiger partial charge is 0.198 e. The van der Waals surface area contributed by atoms with Crippen molar-refractivity contribution in [1.82, 2.24) is 0 Å². The van der Waals surface area contributed by atoms with Gasteiger partial charge >= 0.3 is 0 Å². The van der Waals surface area contributed by atoms with Crippen LogP contribution >= 0.6 is 0 Å². The van der Waals surface area contributed by atoms with Crippen LogP contribution in [-0.4, -0.2) is 7.85 Å². The third kappa shape index (κ3) is 2.68. The zero-order valence-corrected chi connectivity index (χ0v) is 5.44. The maximum atomic E-state index is 8.23. The second-order valence-electron chi connectivity index (χ2n) is 2.70. The van der Waals surface area contributed by atoms with Gasteiger partial charge in [0.25, 0.3) is 0 Å². The fourth-order valence-corrected chi connectivity index (χ4v) is 0.286. The van der Waals surface area contributed by atoms with E-state index in [1.807, 2.05) is 13.8 Å². The van der Waals surface area contributed by atoms with E-state index in [1.54, 1.807) is 0 Å². The van der Waals surface area contributed by atoms with Gasteiger partial charge in [0.2, 0.25) is 0 Å². The molecule has 0 saturated heterocycles. The van der Waals surface area contributed by atoms with Crippen LogP contribution in [0.4, 0.5) is 0 Å². The van der Waals surface area contributed by atoms with Crippen molar-refractivity contribution in [2.45, 2.75) is 26.6 Å². The first-order valence-corrected chi connectivity index (χ1v) is 2.69. The van der Waals surface area contributed by atoms with Crippen LogP contribution in [0, 0.1) is 16.7 Å². The summed E-state index contributed by atoms with van der Waals surface area (Å²) >= 11 is 0. The summed E-state index contributed by atoms with van der Waals surface area (Å²) in [6.45, 7) is 3.96. The normalized spacial score (nSPS) is 10.6. The Hall–Kier alpha value is -0.445. The molecule has 0 aromatic heterocycles. The number of rotatable bonds is 2. The summed E-state index contributed by atoms with van der Waals surface area (Å²) in [6.07, 6.45) is 1.13. The van der Waals surface area contributed by atoms with E-state index in [-0.39, 0.29) is 5.41 Å². The molecule has 0 atom stereocenters. The van der Waals surface area contributed by atoms with Crippen LogP contribution in [-0.2, 0) is 0 Å². The Morgan fingerprint density at radius 1 is 1.62 bits per heavy atom. The number of nitrogens with zero attached hydrogens (tertiary/aromatic N) is 1. The van der Waals surface area contributed by atoms with Crippen LogP contribution in [0.2, 0.25) is 6.32 Å². The summed E-state index contributed by atoms with van der Waals surface area (Å²) in [7, 11) is 5.34. The zero-order chi connectivity index (χ0) is 6.62. The summed E-state index contributed by atoms with van der Waals surface area (Å²) in [6, 6.07) is 2.08. The molecule has 0 amide bonds. The van der Waals surface area contributed by atoms with E-state index in [1.165, 1.54) is 0 Å². The van der Waals surface area contributed by atoms with Crippen molar-refractivity contribution >= 4 is 7.85 Å². The lowest BCUT2D eigenvalue weighted by atomic mass is 9.77. The predicted octanol–water partition coefficient (Wildman–Crippen LogP) is 1.51. The Labute approximate surface area is 52.1 Å². The molecule has 0 N–H and O–H groups in total. The lowest BCUT2D eigenvalue weighted by Crippen LogP contribution is -2.08. The average Bonchev–Trinajstić information content (AvgIpc) is 1.67. The molecule has 0 fully saturated rings. The van der Waals surface area contributed by atoms with Crippen LogP contribution in [0.15, 0.2) is 0 Å². The summed E-state index contributed by atoms with van der Waals surface area (Å²) in [5.74, 6) is 0. The number of hydrogen-bond donors (Lipinski definition) is 0. The molecule has 42 valence electrons. The van der Waals surface area contributed by atoms with E-state index in [9.17, 15) is 0 Å². The molecule has 0 aromatic carbocycles. The highest BCUT2D eigenvalue weighted by atomic mass is 14.3. The van der Waals surface area contributed by atoms with Gasteiger partial charge in [0.15, 0.2) is 0 Å². The molecule has 2 heteroatoms. The molecule has 0 aliphatic rings. The molecule has 0 unspecified atom stereocenters. The minimum Gasteiger partial charge on any atom is -0.198 e. The fraction of sp³-hybridized carbons (Fsp3) is 0.833. The maximum Gasteiger partial charge on any atom is 0.0660 e. The highest BCUT2D eigenvalue weighted by Crippen LogP contribution is 2.22. The van der Waals surface area contributed by atoms with Crippen LogP contribution in [0.1, 0.15) is 20.3 Å². The first-order chi connectivity index (χ1) is 3.62. The van der Waals surface area contributed by atoms with Crippen molar-refractivity contribution < 1.29 is 0 Å². The summed E-state index contributed by atoms with van der Waals surface area (Å²) < 4.78 is 0. The van der Waals surface area contributed by atoms with Crippen molar-refractivity contribution in [2.24, 2.45) is 5.41 Å². The van der Waals surface area contributed by atoms with Gasteiger partial charge in [0.05, 0.1) is 13.9 Å². The molecule has 0 bridgehead atoms. The fourth-order valence-electron chi connectivity index (χ4n) is 0.286. The van der Waals surface area contributed by atoms with Gasteiger partial charge in [-0.3, -0.25) is 0 Å². The Kier molecular flexibility index (Phi) is 2.61. The quantitative estimate of drug-likeness (QED) is 0.490. The standard InChI is InChI=1S/C6H10BN/c1-6(2,5-7)3-4-8/h3,5H2,1-2H3. The predicted molar refractivity (Wildman–Crippen MR) is 34.6 cm³/mol. The van der Waals surface area contributed by atoms with Gasteiger partial charge < -0.3 is 0 Å². The van der Waals surface area contributed by atoms with E-state index in [0.29, 0.717) is 12.7 Å². The molecule has 0 aliphatic carbocycles. The molecular weight excluding hydrogens is 96.9 g/mol. The van der Waals surface area contributed by atoms with Crippen LogP contribution in [0.3, 0.4) is 0 Å². The summed E-state index contributed by atoms with van der Waals surface area (Å²) in [5.41, 5.74) is 0.00868. The minimum absolute atomic E-state index is 0.00868. The van der Waals surface area contributed by atoms with Crippen molar-refractivity contribution in [3.05, 3.63) is 0 Å². The van der Waals surface area contributed by atoms with E-state index < -0.39 is 0 Å². The zero-order valence-electron chi connectivity index (χ0n) is 5.44. The van der Waals surface area contributed by atoms with Gasteiger partial charge in [-0.2, -0.15) is 5.26 Å². The molecule has 0 heterocycles. The highest BCUT2D eigenvalue weighted by Gasteiger charge is 2.12. The third-order valence-corrected chi connectivity index (χ3v) is 1.11. The van der Waals surface area contributed by atoms with Crippen molar-refractivity contribution in [3.63, 3.8) is 0 Å². The van der Waals surface area contributed by atoms with Gasteiger partial charge in [-0.15, -0.1) is 0 Å². The average molecular weight is 107 g/mol. The minimum atomic E-state index is 0.00868. The number of nitriles is 1. The monoisotopic (exact) mass is 107 g/mol. The van der Waals surface area contributed by atoms with Gasteiger partial charge in [0.1, 0.15) is 0 Å². The van der Waals surface area contributed by atoms with E-state index in [2.05, 4.69) is 6.07 Å². The lowest BCUT2D eigenvalue weighted by Gasteiger charge is -2.17. The van der Waals surface area contributed by atoms with Gasteiger partial charge in [-0.1, -0.05) is 20.2 Å². The Morgan fingerprint density at radius 2 is 2.12 bits per heavy atom. The molecule has 0 saturated carbocycles. The highest BCUT2D eigenvalue weighted by molar-refractivity contribution is 6.08. The van der Waals surface area contributed by atoms with Gasteiger partial charge in [-0.25, -0.2) is 0 Å². The van der Waals surface area contributed by atoms with E-state index >= 15 is 0 Å². The molecule has 8 heavy (non-hydrogen) atoms. The molecule has 0 aliphatic heterocycles. The lowest BCUT2D eigenvalue weighted by molar-refractivity contribution is 0.426. The van der Waals surface area contributed by atoms with Gasteiger partial charge in [0, 0.05) is 6.42 Å². The van der Waals surface area contributed by atoms with E-state index in [4.69, 9.17) is 13.1 Å². The van der Waals surface area contributed by atoms with Crippen molar-refractivity contribution in [1.29, 1.82) is 5.26 Å². The Balaban J connectivity index is 3.58. The topological polar surface area (TPSA) is 23.8 Å². The van der Waals surface area contributed by atoms with Crippen LogP contribution < -0.4 is 0 Å². The van der Waals surface area contributed by atoms with Crippen molar-refractivity contribution in [2.75, 3.05) is 0 Å². The molecular formula is C6H10BN. The first-order valence-electron chi connectivity index (χ1n) is 2.69. The second-order valence-corrected chi connectivity index (χ2v) is 2.70. The van der Waals surface area contributed by atoms with E-state index in [0.717, 1.165) is 0 Å². The Bertz CT molecular complexity index is 102. The van der Waals surface area contributed by atoms with Gasteiger partial charge in [-0.05, 0) is 5.41 Å². The first kappa shape index (κ1) is 7.55. The van der Waals surface area contributed by atoms with Crippen molar-refractivity contribution in [3.8, 4) is 6.07 Å². The smallest absolute Gasteiger partial charge is 0.0660 e. The molecule has 2 radical (unpaired) electrons. The maximum absolute atomic E-state index is 8.23. The molecule has 0 rings (SSSR count). The molecule has 1 nitrogen and oxygen atoms in total. The molecule has 0 spiro atoms. The number of hydrogen-bond acceptors (Lipinski definition) is 1. The summed E-state index contributed by atoms with van der Waals surface area (Å²) in [4.78, 5) is 0. The SMILES string of the molecule is [B]CC(C)(C)CC#N. The summed E-state index contributed by atoms with van der Waals surface area (Å²) in [5, 5.41) is 8.23. The second kappa shape index (κ2) is 2.76. The Morgan fingerprint density at radius 3 is 2.25 bits per heavy atom. The van der Waals surface area contributed by atoms with Crippen LogP contribution in [0.25, 0.3) is 0 Å². The third-order valence-electron chi connectivity index (χ3n) is 1.11. The molecule has 0 aromatic rings. The van der Waals surface area contributed by atoms with Crippen LogP contribution in [0.5, 0.6) is 0 Å².